The lowest BCUT2D eigenvalue weighted by Gasteiger charge is -2.10. The fourth-order valence-corrected chi connectivity index (χ4v) is 1.21. The van der Waals surface area contributed by atoms with Crippen LogP contribution in [0.2, 0.25) is 0 Å². The third kappa shape index (κ3) is 3.49. The molecule has 0 aliphatic carbocycles. The number of rotatable bonds is 5. The molecule has 0 saturated heterocycles. The lowest BCUT2D eigenvalue weighted by molar-refractivity contribution is -0.0529. The third-order valence-electron chi connectivity index (χ3n) is 1.78. The van der Waals surface area contributed by atoms with Gasteiger partial charge in [0, 0.05) is 17.3 Å². The van der Waals surface area contributed by atoms with Crippen LogP contribution in [0.1, 0.15) is 18.2 Å². The molecule has 16 heavy (non-hydrogen) atoms. The molecule has 5 heteroatoms. The molecular formula is C11H13F2NO2. The predicted octanol–water partition coefficient (Wildman–Crippen LogP) is 3.00. The highest BCUT2D eigenvalue weighted by Crippen LogP contribution is 2.20. The van der Waals surface area contributed by atoms with Crippen LogP contribution in [-0.2, 0) is 4.74 Å². The molecular weight excluding hydrogens is 216 g/mol. The van der Waals surface area contributed by atoms with Gasteiger partial charge in [0.1, 0.15) is 5.76 Å². The van der Waals surface area contributed by atoms with Crippen LogP contribution in [0.4, 0.5) is 8.78 Å². The van der Waals surface area contributed by atoms with E-state index in [9.17, 15) is 8.78 Å². The molecule has 0 unspecified atom stereocenters. The minimum Gasteiger partial charge on any atom is -0.494 e. The second-order valence-corrected chi connectivity index (χ2v) is 3.07. The summed E-state index contributed by atoms with van der Waals surface area (Å²) in [4.78, 5) is 3.82. The van der Waals surface area contributed by atoms with Crippen molar-refractivity contribution in [2.24, 2.45) is 0 Å². The van der Waals surface area contributed by atoms with Gasteiger partial charge in [-0.25, -0.2) is 4.98 Å². The molecule has 0 aliphatic rings. The van der Waals surface area contributed by atoms with Crippen LogP contribution in [0.3, 0.4) is 0 Å². The second kappa shape index (κ2) is 5.44. The first-order chi connectivity index (χ1) is 7.52. The number of nitrogens with zero attached hydrogens (tertiary/aromatic N) is 1. The van der Waals surface area contributed by atoms with Gasteiger partial charge in [-0.1, -0.05) is 6.58 Å². The molecule has 88 valence electrons. The summed E-state index contributed by atoms with van der Waals surface area (Å²) in [5.74, 6) is 0.276. The van der Waals surface area contributed by atoms with E-state index in [0.717, 1.165) is 0 Å². The van der Waals surface area contributed by atoms with Crippen molar-refractivity contribution in [3.8, 4) is 5.88 Å². The SMILES string of the molecule is C=C(OCC)c1cc(C)nc(OC(F)F)c1. The highest BCUT2D eigenvalue weighted by atomic mass is 19.3. The van der Waals surface area contributed by atoms with Gasteiger partial charge in [0.05, 0.1) is 6.61 Å². The number of ether oxygens (including phenoxy) is 2. The smallest absolute Gasteiger partial charge is 0.388 e. The maximum absolute atomic E-state index is 12.0. The van der Waals surface area contributed by atoms with Gasteiger partial charge < -0.3 is 9.47 Å². The molecule has 0 radical (unpaired) electrons. The predicted molar refractivity (Wildman–Crippen MR) is 56.3 cm³/mol. The van der Waals surface area contributed by atoms with E-state index in [0.29, 0.717) is 23.6 Å². The van der Waals surface area contributed by atoms with Gasteiger partial charge in [0.2, 0.25) is 5.88 Å². The van der Waals surface area contributed by atoms with Crippen LogP contribution in [0, 0.1) is 6.92 Å². The Bertz CT molecular complexity index is 380. The van der Waals surface area contributed by atoms with Crippen molar-refractivity contribution in [1.29, 1.82) is 0 Å². The third-order valence-corrected chi connectivity index (χ3v) is 1.78. The highest BCUT2D eigenvalue weighted by molar-refractivity contribution is 5.58. The molecule has 1 heterocycles. The van der Waals surface area contributed by atoms with Crippen LogP contribution in [0.5, 0.6) is 5.88 Å². The van der Waals surface area contributed by atoms with E-state index in [2.05, 4.69) is 16.3 Å². The van der Waals surface area contributed by atoms with Crippen molar-refractivity contribution in [1.82, 2.24) is 4.98 Å². The second-order valence-electron chi connectivity index (χ2n) is 3.07. The molecule has 1 aromatic heterocycles. The maximum atomic E-state index is 12.0. The normalized spacial score (nSPS) is 10.3. The molecule has 0 amide bonds. The molecule has 0 aromatic carbocycles. The summed E-state index contributed by atoms with van der Waals surface area (Å²) in [6, 6.07) is 3.06. The number of halogens is 2. The Kier molecular flexibility index (Phi) is 4.22. The number of aromatic nitrogens is 1. The summed E-state index contributed by atoms with van der Waals surface area (Å²) < 4.78 is 33.4. The zero-order valence-corrected chi connectivity index (χ0v) is 9.17. The molecule has 0 atom stereocenters. The van der Waals surface area contributed by atoms with Gasteiger partial charge in [-0.05, 0) is 19.9 Å². The van der Waals surface area contributed by atoms with Gasteiger partial charge in [-0.3, -0.25) is 0 Å². The van der Waals surface area contributed by atoms with Gasteiger partial charge in [0.15, 0.2) is 0 Å². The summed E-state index contributed by atoms with van der Waals surface area (Å²) in [6.07, 6.45) is 0. The van der Waals surface area contributed by atoms with E-state index in [4.69, 9.17) is 4.74 Å². The van der Waals surface area contributed by atoms with Crippen molar-refractivity contribution in [3.05, 3.63) is 30.0 Å². The first-order valence-electron chi connectivity index (χ1n) is 4.78. The van der Waals surface area contributed by atoms with Crippen LogP contribution >= 0.6 is 0 Å². The van der Waals surface area contributed by atoms with Gasteiger partial charge in [-0.2, -0.15) is 8.78 Å². The van der Waals surface area contributed by atoms with E-state index in [1.54, 1.807) is 13.0 Å². The zero-order valence-electron chi connectivity index (χ0n) is 9.17. The number of aryl methyl sites for hydroxylation is 1. The molecule has 3 nitrogen and oxygen atoms in total. The molecule has 0 aliphatic heterocycles. The van der Waals surface area contributed by atoms with E-state index in [-0.39, 0.29) is 5.88 Å². The number of pyridine rings is 1. The molecule has 0 spiro atoms. The van der Waals surface area contributed by atoms with E-state index >= 15 is 0 Å². The number of hydrogen-bond acceptors (Lipinski definition) is 3. The quantitative estimate of drug-likeness (QED) is 0.727. The average molecular weight is 229 g/mol. The Labute approximate surface area is 92.7 Å². The van der Waals surface area contributed by atoms with Crippen LogP contribution in [-0.4, -0.2) is 18.2 Å². The Morgan fingerprint density at radius 3 is 2.75 bits per heavy atom. The van der Waals surface area contributed by atoms with Crippen LogP contribution in [0.25, 0.3) is 5.76 Å². The Balaban J connectivity index is 2.93. The molecule has 0 fully saturated rings. The summed E-state index contributed by atoms with van der Waals surface area (Å²) in [7, 11) is 0. The molecule has 0 bridgehead atoms. The summed E-state index contributed by atoms with van der Waals surface area (Å²) >= 11 is 0. The number of hydrogen-bond donors (Lipinski definition) is 0. The standard InChI is InChI=1S/C11H13F2NO2/c1-4-15-8(3)9-5-7(2)14-10(6-9)16-11(12)13/h5-6,11H,3-4H2,1-2H3. The molecule has 1 rings (SSSR count). The van der Waals surface area contributed by atoms with Crippen molar-refractivity contribution in [3.63, 3.8) is 0 Å². The minimum atomic E-state index is -2.89. The number of alkyl halides is 2. The topological polar surface area (TPSA) is 31.4 Å². The monoisotopic (exact) mass is 229 g/mol. The van der Waals surface area contributed by atoms with Gasteiger partial charge >= 0.3 is 6.61 Å². The van der Waals surface area contributed by atoms with E-state index in [1.807, 2.05) is 6.92 Å². The largest absolute Gasteiger partial charge is 0.494 e. The summed E-state index contributed by atoms with van der Waals surface area (Å²) in [5.41, 5.74) is 1.15. The van der Waals surface area contributed by atoms with Crippen LogP contribution in [0.15, 0.2) is 18.7 Å². The van der Waals surface area contributed by atoms with Gasteiger partial charge in [-0.15, -0.1) is 0 Å². The van der Waals surface area contributed by atoms with Crippen molar-refractivity contribution >= 4 is 5.76 Å². The maximum Gasteiger partial charge on any atom is 0.388 e. The van der Waals surface area contributed by atoms with Crippen LogP contribution < -0.4 is 4.74 Å². The lowest BCUT2D eigenvalue weighted by Crippen LogP contribution is -2.05. The fourth-order valence-electron chi connectivity index (χ4n) is 1.21. The van der Waals surface area contributed by atoms with Crippen molar-refractivity contribution < 1.29 is 18.3 Å². The highest BCUT2D eigenvalue weighted by Gasteiger charge is 2.09. The fraction of sp³-hybridized carbons (Fsp3) is 0.364. The molecule has 0 saturated carbocycles. The minimum absolute atomic E-state index is 0.133. The Hall–Kier alpha value is -1.65. The van der Waals surface area contributed by atoms with Crippen molar-refractivity contribution in [2.75, 3.05) is 6.61 Å². The molecule has 1 aromatic rings. The van der Waals surface area contributed by atoms with E-state index < -0.39 is 6.61 Å². The zero-order chi connectivity index (χ0) is 12.1. The van der Waals surface area contributed by atoms with Gasteiger partial charge in [0.25, 0.3) is 0 Å². The first kappa shape index (κ1) is 12.4. The first-order valence-corrected chi connectivity index (χ1v) is 4.78. The summed E-state index contributed by atoms with van der Waals surface area (Å²) in [5, 5.41) is 0. The Morgan fingerprint density at radius 1 is 1.50 bits per heavy atom. The Morgan fingerprint density at radius 2 is 2.19 bits per heavy atom. The van der Waals surface area contributed by atoms with E-state index in [1.165, 1.54) is 6.07 Å². The lowest BCUT2D eigenvalue weighted by atomic mass is 10.2. The van der Waals surface area contributed by atoms with Crippen molar-refractivity contribution in [2.45, 2.75) is 20.5 Å². The average Bonchev–Trinajstić information content (AvgIpc) is 2.15. The summed E-state index contributed by atoms with van der Waals surface area (Å²) in [6.45, 7) is 4.76. The molecule has 0 N–H and O–H groups in total.